The van der Waals surface area contributed by atoms with Crippen molar-refractivity contribution in [3.8, 4) is 5.75 Å². The predicted octanol–water partition coefficient (Wildman–Crippen LogP) is 0.805. The van der Waals surface area contributed by atoms with Gasteiger partial charge in [0.05, 0.1) is 13.5 Å². The standard InChI is InChI=1S/C17H27N3O4S/c1-13-14(2)16(24-5)7-6-15(13)12-17(21)19-8-10-20(11-9-19)25(22,23)18(3)4/h6-7H,8-12H2,1-5H3. The number of amides is 1. The summed E-state index contributed by atoms with van der Waals surface area (Å²) in [4.78, 5) is 14.3. The largest absolute Gasteiger partial charge is 0.496 e. The molecule has 0 atom stereocenters. The molecule has 0 spiro atoms. The summed E-state index contributed by atoms with van der Waals surface area (Å²) >= 11 is 0. The molecule has 1 saturated heterocycles. The van der Waals surface area contributed by atoms with Crippen molar-refractivity contribution in [2.24, 2.45) is 0 Å². The molecule has 0 N–H and O–H groups in total. The van der Waals surface area contributed by atoms with E-state index in [2.05, 4.69) is 0 Å². The zero-order chi connectivity index (χ0) is 18.8. The Bertz CT molecular complexity index is 739. The summed E-state index contributed by atoms with van der Waals surface area (Å²) in [5.74, 6) is 0.839. The van der Waals surface area contributed by atoms with Crippen LogP contribution < -0.4 is 4.74 Å². The van der Waals surface area contributed by atoms with Crippen molar-refractivity contribution in [1.82, 2.24) is 13.5 Å². The lowest BCUT2D eigenvalue weighted by molar-refractivity contribution is -0.131. The minimum Gasteiger partial charge on any atom is -0.496 e. The Hall–Kier alpha value is -1.64. The van der Waals surface area contributed by atoms with Crippen LogP contribution in [0.25, 0.3) is 0 Å². The maximum atomic E-state index is 12.6. The summed E-state index contributed by atoms with van der Waals surface area (Å²) in [6.45, 7) is 5.45. The first-order valence-electron chi connectivity index (χ1n) is 8.27. The smallest absolute Gasteiger partial charge is 0.281 e. The van der Waals surface area contributed by atoms with Crippen LogP contribution in [-0.4, -0.2) is 75.2 Å². The molecular formula is C17H27N3O4S. The molecule has 1 heterocycles. The molecule has 0 aromatic heterocycles. The summed E-state index contributed by atoms with van der Waals surface area (Å²) in [7, 11) is 1.25. The summed E-state index contributed by atoms with van der Waals surface area (Å²) in [5, 5.41) is 0. The fourth-order valence-corrected chi connectivity index (χ4v) is 4.03. The van der Waals surface area contributed by atoms with Crippen LogP contribution in [0.15, 0.2) is 12.1 Å². The lowest BCUT2D eigenvalue weighted by Gasteiger charge is -2.35. The second-order valence-corrected chi connectivity index (χ2v) is 8.57. The average Bonchev–Trinajstić information content (AvgIpc) is 2.59. The van der Waals surface area contributed by atoms with Crippen LogP contribution in [0.2, 0.25) is 0 Å². The number of nitrogens with zero attached hydrogens (tertiary/aromatic N) is 3. The number of carbonyl (C=O) groups excluding carboxylic acids is 1. The van der Waals surface area contributed by atoms with Gasteiger partial charge in [0, 0.05) is 40.3 Å². The Balaban J connectivity index is 2.01. The Kier molecular flexibility index (Phi) is 6.08. The molecule has 1 fully saturated rings. The second-order valence-electron chi connectivity index (χ2n) is 6.42. The molecule has 0 bridgehead atoms. The number of benzene rings is 1. The first-order valence-corrected chi connectivity index (χ1v) is 9.66. The third-order valence-electron chi connectivity index (χ3n) is 4.79. The molecule has 0 radical (unpaired) electrons. The van der Waals surface area contributed by atoms with E-state index in [4.69, 9.17) is 4.74 Å². The zero-order valence-corrected chi connectivity index (χ0v) is 16.4. The zero-order valence-electron chi connectivity index (χ0n) is 15.6. The molecule has 1 aromatic carbocycles. The third-order valence-corrected chi connectivity index (χ3v) is 6.73. The van der Waals surface area contributed by atoms with Crippen LogP contribution in [0.3, 0.4) is 0 Å². The molecule has 140 valence electrons. The number of hydrogen-bond donors (Lipinski definition) is 0. The van der Waals surface area contributed by atoms with Gasteiger partial charge in [-0.3, -0.25) is 4.79 Å². The van der Waals surface area contributed by atoms with E-state index in [0.29, 0.717) is 32.6 Å². The molecule has 1 amide bonds. The lowest BCUT2D eigenvalue weighted by Crippen LogP contribution is -2.53. The van der Waals surface area contributed by atoms with Crippen molar-refractivity contribution >= 4 is 16.1 Å². The molecule has 8 heteroatoms. The highest BCUT2D eigenvalue weighted by Crippen LogP contribution is 2.24. The van der Waals surface area contributed by atoms with Crippen molar-refractivity contribution in [1.29, 1.82) is 0 Å². The van der Waals surface area contributed by atoms with Gasteiger partial charge in [-0.15, -0.1) is 0 Å². The third kappa shape index (κ3) is 4.13. The van der Waals surface area contributed by atoms with E-state index in [1.807, 2.05) is 26.0 Å². The predicted molar refractivity (Wildman–Crippen MR) is 96.9 cm³/mol. The first-order chi connectivity index (χ1) is 11.7. The molecule has 2 rings (SSSR count). The summed E-state index contributed by atoms with van der Waals surface area (Å²) < 4.78 is 32.2. The molecule has 0 aliphatic carbocycles. The van der Waals surface area contributed by atoms with E-state index >= 15 is 0 Å². The van der Waals surface area contributed by atoms with Gasteiger partial charge in [-0.25, -0.2) is 0 Å². The van der Waals surface area contributed by atoms with Gasteiger partial charge in [-0.1, -0.05) is 6.07 Å². The Morgan fingerprint density at radius 2 is 1.72 bits per heavy atom. The molecule has 0 unspecified atom stereocenters. The molecule has 1 aromatic rings. The van der Waals surface area contributed by atoms with Gasteiger partial charge in [-0.05, 0) is 36.6 Å². The number of rotatable bonds is 5. The van der Waals surface area contributed by atoms with E-state index in [1.54, 1.807) is 12.0 Å². The fourth-order valence-electron chi connectivity index (χ4n) is 2.94. The van der Waals surface area contributed by atoms with E-state index in [-0.39, 0.29) is 5.91 Å². The SMILES string of the molecule is COc1ccc(CC(=O)N2CCN(S(=O)(=O)N(C)C)CC2)c(C)c1C. The van der Waals surface area contributed by atoms with Gasteiger partial charge >= 0.3 is 0 Å². The lowest BCUT2D eigenvalue weighted by atomic mass is 9.99. The number of piperazine rings is 1. The van der Waals surface area contributed by atoms with E-state index in [9.17, 15) is 13.2 Å². The van der Waals surface area contributed by atoms with Crippen molar-refractivity contribution < 1.29 is 17.9 Å². The van der Waals surface area contributed by atoms with Crippen LogP contribution in [-0.2, 0) is 21.4 Å². The number of methoxy groups -OCH3 is 1. The van der Waals surface area contributed by atoms with Crippen LogP contribution in [0.5, 0.6) is 5.75 Å². The highest BCUT2D eigenvalue weighted by atomic mass is 32.2. The fraction of sp³-hybridized carbons (Fsp3) is 0.588. The minimum atomic E-state index is -3.41. The summed E-state index contributed by atoms with van der Waals surface area (Å²) in [6, 6.07) is 3.80. The van der Waals surface area contributed by atoms with Crippen molar-refractivity contribution in [3.05, 3.63) is 28.8 Å². The van der Waals surface area contributed by atoms with Gasteiger partial charge in [0.15, 0.2) is 0 Å². The maximum absolute atomic E-state index is 12.6. The van der Waals surface area contributed by atoms with Gasteiger partial charge in [0.25, 0.3) is 10.2 Å². The van der Waals surface area contributed by atoms with Gasteiger partial charge in [-0.2, -0.15) is 17.0 Å². The van der Waals surface area contributed by atoms with Gasteiger partial charge in [0.1, 0.15) is 5.75 Å². The quantitative estimate of drug-likeness (QED) is 0.770. The Morgan fingerprint density at radius 3 is 2.24 bits per heavy atom. The van der Waals surface area contributed by atoms with Crippen molar-refractivity contribution in [2.45, 2.75) is 20.3 Å². The van der Waals surface area contributed by atoms with Gasteiger partial charge < -0.3 is 9.64 Å². The second kappa shape index (κ2) is 7.72. The van der Waals surface area contributed by atoms with Crippen molar-refractivity contribution in [2.75, 3.05) is 47.4 Å². The summed E-state index contributed by atoms with van der Waals surface area (Å²) in [5.41, 5.74) is 3.07. The van der Waals surface area contributed by atoms with Crippen molar-refractivity contribution in [3.63, 3.8) is 0 Å². The van der Waals surface area contributed by atoms with E-state index in [0.717, 1.165) is 22.4 Å². The van der Waals surface area contributed by atoms with Crippen LogP contribution in [0.1, 0.15) is 16.7 Å². The number of carbonyl (C=O) groups is 1. The van der Waals surface area contributed by atoms with Crippen LogP contribution in [0.4, 0.5) is 0 Å². The van der Waals surface area contributed by atoms with Crippen LogP contribution >= 0.6 is 0 Å². The Labute approximate surface area is 150 Å². The van der Waals surface area contributed by atoms with Gasteiger partial charge in [0.2, 0.25) is 5.91 Å². The number of hydrogen-bond acceptors (Lipinski definition) is 4. The first kappa shape index (κ1) is 19.7. The average molecular weight is 369 g/mol. The Morgan fingerprint density at radius 1 is 1.12 bits per heavy atom. The van der Waals surface area contributed by atoms with E-state index in [1.165, 1.54) is 22.7 Å². The maximum Gasteiger partial charge on any atom is 0.281 e. The molecular weight excluding hydrogens is 342 g/mol. The summed E-state index contributed by atoms with van der Waals surface area (Å²) in [6.07, 6.45) is 0.317. The minimum absolute atomic E-state index is 0.0227. The van der Waals surface area contributed by atoms with E-state index < -0.39 is 10.2 Å². The topological polar surface area (TPSA) is 70.2 Å². The highest BCUT2D eigenvalue weighted by Gasteiger charge is 2.30. The molecule has 0 saturated carbocycles. The van der Waals surface area contributed by atoms with Crippen LogP contribution in [0, 0.1) is 13.8 Å². The molecule has 25 heavy (non-hydrogen) atoms. The monoisotopic (exact) mass is 369 g/mol. The number of ether oxygens (including phenoxy) is 1. The molecule has 1 aliphatic heterocycles. The highest BCUT2D eigenvalue weighted by molar-refractivity contribution is 7.86. The normalized spacial score (nSPS) is 16.3. The molecule has 1 aliphatic rings. The molecule has 7 nitrogen and oxygen atoms in total.